The zero-order chi connectivity index (χ0) is 20.4. The van der Waals surface area contributed by atoms with Crippen LogP contribution in [0.15, 0.2) is 47.4 Å². The van der Waals surface area contributed by atoms with Crippen LogP contribution in [0.25, 0.3) is 31.7 Å². The second-order valence-corrected chi connectivity index (χ2v) is 9.63. The molecule has 29 heavy (non-hydrogen) atoms. The molecule has 0 spiro atoms. The maximum absolute atomic E-state index is 6.63. The largest absolute Gasteiger partial charge is 0.396 e. The van der Waals surface area contributed by atoms with E-state index in [0.29, 0.717) is 17.3 Å². The van der Waals surface area contributed by atoms with Crippen molar-refractivity contribution >= 4 is 44.8 Å². The first kappa shape index (κ1) is 20.0. The Kier molecular flexibility index (Phi) is 5.97. The van der Waals surface area contributed by atoms with Crippen LogP contribution in [0.3, 0.4) is 0 Å². The predicted molar refractivity (Wildman–Crippen MR) is 131 cm³/mol. The highest BCUT2D eigenvalue weighted by Gasteiger charge is 2.21. The highest BCUT2D eigenvalue weighted by molar-refractivity contribution is 7.14. The van der Waals surface area contributed by atoms with Crippen LogP contribution in [0, 0.1) is 5.92 Å². The van der Waals surface area contributed by atoms with Crippen LogP contribution in [-0.2, 0) is 6.54 Å². The van der Waals surface area contributed by atoms with Crippen LogP contribution in [0.4, 0.5) is 11.4 Å². The number of benzene rings is 1. The standard InChI is InChI=1S/C24H29N3S2/c1-3-5-8-16(4-2)13-27-14-17-18(15-27)22(20-10-7-12-29-20)24(26)23(25)21(17)19-9-6-11-28-19/h6-7,9-12,14-16H,3-5,8,13,25-26H2,1-2H3. The molecule has 3 nitrogen and oxygen atoms in total. The van der Waals surface area contributed by atoms with Gasteiger partial charge in [-0.05, 0) is 35.2 Å². The smallest absolute Gasteiger partial charge is 0.0649 e. The Bertz CT molecular complexity index is 998. The third kappa shape index (κ3) is 3.81. The lowest BCUT2D eigenvalue weighted by molar-refractivity contribution is 0.392. The molecule has 0 radical (unpaired) electrons. The molecule has 1 aromatic carbocycles. The fraction of sp³-hybridized carbons (Fsp3) is 0.333. The predicted octanol–water partition coefficient (Wildman–Crippen LogP) is 7.48. The van der Waals surface area contributed by atoms with Crippen LogP contribution in [0.5, 0.6) is 0 Å². The molecule has 0 saturated heterocycles. The molecule has 0 bridgehead atoms. The highest BCUT2D eigenvalue weighted by atomic mass is 32.1. The lowest BCUT2D eigenvalue weighted by Crippen LogP contribution is -2.08. The van der Waals surface area contributed by atoms with Crippen molar-refractivity contribution in [2.24, 2.45) is 5.92 Å². The van der Waals surface area contributed by atoms with E-state index >= 15 is 0 Å². The van der Waals surface area contributed by atoms with Gasteiger partial charge >= 0.3 is 0 Å². The number of anilines is 2. The van der Waals surface area contributed by atoms with Crippen molar-refractivity contribution in [2.75, 3.05) is 11.5 Å². The molecule has 4 N–H and O–H groups in total. The number of hydrogen-bond donors (Lipinski definition) is 2. The van der Waals surface area contributed by atoms with E-state index in [0.717, 1.165) is 17.7 Å². The van der Waals surface area contributed by atoms with Gasteiger partial charge in [-0.2, -0.15) is 0 Å². The monoisotopic (exact) mass is 423 g/mol. The van der Waals surface area contributed by atoms with Gasteiger partial charge in [0.2, 0.25) is 0 Å². The van der Waals surface area contributed by atoms with E-state index in [2.05, 4.69) is 65.8 Å². The third-order valence-electron chi connectivity index (χ3n) is 5.79. The average molecular weight is 424 g/mol. The van der Waals surface area contributed by atoms with Gasteiger partial charge in [0.15, 0.2) is 0 Å². The Hall–Kier alpha value is -2.24. The molecule has 0 amide bonds. The molecule has 3 heterocycles. The van der Waals surface area contributed by atoms with Gasteiger partial charge in [0.1, 0.15) is 0 Å². The lowest BCUT2D eigenvalue weighted by Gasteiger charge is -2.15. The first-order valence-electron chi connectivity index (χ1n) is 10.4. The Labute approximate surface area is 181 Å². The molecule has 0 aliphatic rings. The molecule has 4 rings (SSSR count). The zero-order valence-electron chi connectivity index (χ0n) is 17.2. The SMILES string of the molecule is CCCCC(CC)Cn1cc2c(-c3cccs3)c(N)c(N)c(-c3cccs3)c2c1. The summed E-state index contributed by atoms with van der Waals surface area (Å²) in [5.41, 5.74) is 16.8. The molecule has 0 fully saturated rings. The highest BCUT2D eigenvalue weighted by Crippen LogP contribution is 2.47. The zero-order valence-corrected chi connectivity index (χ0v) is 18.8. The maximum Gasteiger partial charge on any atom is 0.0649 e. The van der Waals surface area contributed by atoms with Gasteiger partial charge < -0.3 is 16.0 Å². The Balaban J connectivity index is 1.89. The number of rotatable bonds is 8. The van der Waals surface area contributed by atoms with Gasteiger partial charge in [0.05, 0.1) is 11.4 Å². The van der Waals surface area contributed by atoms with Crippen LogP contribution in [-0.4, -0.2) is 4.57 Å². The van der Waals surface area contributed by atoms with Gasteiger partial charge in [-0.25, -0.2) is 0 Å². The number of thiophene rings is 2. The van der Waals surface area contributed by atoms with Crippen molar-refractivity contribution in [3.8, 4) is 20.9 Å². The fourth-order valence-corrected chi connectivity index (χ4v) is 5.76. The van der Waals surface area contributed by atoms with Crippen LogP contribution < -0.4 is 11.5 Å². The molecule has 0 aliphatic carbocycles. The summed E-state index contributed by atoms with van der Waals surface area (Å²) in [6.45, 7) is 5.61. The minimum Gasteiger partial charge on any atom is -0.396 e. The van der Waals surface area contributed by atoms with E-state index in [1.165, 1.54) is 46.2 Å². The molecule has 4 aromatic rings. The summed E-state index contributed by atoms with van der Waals surface area (Å²) < 4.78 is 2.36. The van der Waals surface area contributed by atoms with Gasteiger partial charge in [0.25, 0.3) is 0 Å². The summed E-state index contributed by atoms with van der Waals surface area (Å²) in [6, 6.07) is 8.41. The van der Waals surface area contributed by atoms with Crippen molar-refractivity contribution in [3.63, 3.8) is 0 Å². The number of aromatic nitrogens is 1. The first-order chi connectivity index (χ1) is 14.1. The fourth-order valence-electron chi connectivity index (χ4n) is 4.16. The van der Waals surface area contributed by atoms with Gasteiger partial charge in [0, 0.05) is 50.6 Å². The van der Waals surface area contributed by atoms with Crippen molar-refractivity contribution in [3.05, 3.63) is 47.4 Å². The second kappa shape index (κ2) is 8.64. The van der Waals surface area contributed by atoms with Crippen LogP contribution >= 0.6 is 22.7 Å². The minimum absolute atomic E-state index is 0.694. The van der Waals surface area contributed by atoms with Crippen molar-refractivity contribution in [1.29, 1.82) is 0 Å². The minimum atomic E-state index is 0.694. The van der Waals surface area contributed by atoms with Crippen LogP contribution in [0.2, 0.25) is 0 Å². The van der Waals surface area contributed by atoms with E-state index in [-0.39, 0.29) is 0 Å². The molecule has 0 saturated carbocycles. The summed E-state index contributed by atoms with van der Waals surface area (Å²) in [4.78, 5) is 2.35. The Morgan fingerprint density at radius 2 is 1.45 bits per heavy atom. The second-order valence-electron chi connectivity index (χ2n) is 7.73. The lowest BCUT2D eigenvalue weighted by atomic mass is 9.97. The summed E-state index contributed by atoms with van der Waals surface area (Å²) in [7, 11) is 0. The van der Waals surface area contributed by atoms with E-state index in [1.54, 1.807) is 22.7 Å². The van der Waals surface area contributed by atoms with E-state index in [9.17, 15) is 0 Å². The van der Waals surface area contributed by atoms with Crippen molar-refractivity contribution in [2.45, 2.75) is 46.1 Å². The topological polar surface area (TPSA) is 57.0 Å². The maximum atomic E-state index is 6.63. The summed E-state index contributed by atoms with van der Waals surface area (Å²) in [5.74, 6) is 0.696. The molecule has 152 valence electrons. The Morgan fingerprint density at radius 1 is 0.897 bits per heavy atom. The van der Waals surface area contributed by atoms with Gasteiger partial charge in [-0.1, -0.05) is 45.2 Å². The summed E-state index contributed by atoms with van der Waals surface area (Å²) in [6.07, 6.45) is 9.59. The van der Waals surface area contributed by atoms with Crippen molar-refractivity contribution in [1.82, 2.24) is 4.57 Å². The van der Waals surface area contributed by atoms with Crippen LogP contribution in [0.1, 0.15) is 39.5 Å². The molecule has 5 heteroatoms. The number of nitrogen functional groups attached to an aromatic ring is 2. The van der Waals surface area contributed by atoms with Gasteiger partial charge in [-0.15, -0.1) is 22.7 Å². The molecule has 3 aromatic heterocycles. The number of nitrogens with two attached hydrogens (primary N) is 2. The summed E-state index contributed by atoms with van der Waals surface area (Å²) in [5, 5.41) is 6.60. The van der Waals surface area contributed by atoms with Crippen molar-refractivity contribution < 1.29 is 0 Å². The Morgan fingerprint density at radius 3 is 1.86 bits per heavy atom. The van der Waals surface area contributed by atoms with E-state index in [1.807, 2.05) is 0 Å². The molecule has 1 unspecified atom stereocenters. The normalized spacial score (nSPS) is 12.6. The van der Waals surface area contributed by atoms with E-state index in [4.69, 9.17) is 11.5 Å². The summed E-state index contributed by atoms with van der Waals surface area (Å²) >= 11 is 3.43. The quantitative estimate of drug-likeness (QED) is 0.289. The number of unbranched alkanes of at least 4 members (excludes halogenated alkanes) is 1. The first-order valence-corrected chi connectivity index (χ1v) is 12.2. The number of nitrogens with zero attached hydrogens (tertiary/aromatic N) is 1. The molecule has 0 aliphatic heterocycles. The average Bonchev–Trinajstić information content (AvgIpc) is 3.48. The molecule has 1 atom stereocenters. The van der Waals surface area contributed by atoms with E-state index < -0.39 is 0 Å². The number of fused-ring (bicyclic) bond motifs is 1. The molecular formula is C24H29N3S2. The third-order valence-corrected chi connectivity index (χ3v) is 7.57. The molecular weight excluding hydrogens is 394 g/mol. The number of hydrogen-bond acceptors (Lipinski definition) is 4. The van der Waals surface area contributed by atoms with Gasteiger partial charge in [-0.3, -0.25) is 0 Å².